The van der Waals surface area contributed by atoms with Gasteiger partial charge in [-0.05, 0) is 42.3 Å². The van der Waals surface area contributed by atoms with Crippen LogP contribution in [0.2, 0.25) is 0 Å². The Morgan fingerprint density at radius 3 is 2.63 bits per heavy atom. The summed E-state index contributed by atoms with van der Waals surface area (Å²) in [5.41, 5.74) is 1.67. The summed E-state index contributed by atoms with van der Waals surface area (Å²) in [5.74, 6) is 0.132. The standard InChI is InChI=1S/C19H19N3O4S/c1-2-10-27(24,25)16-7-5-15(6-8-16)18-11-17(22-26-18)19(23)21-13-14-4-3-9-20-12-14/h3-9,11-12H,2,10,13H2,1H3,(H,21,23). The van der Waals surface area contributed by atoms with Gasteiger partial charge in [-0.1, -0.05) is 18.1 Å². The van der Waals surface area contributed by atoms with Gasteiger partial charge in [0.15, 0.2) is 21.3 Å². The minimum atomic E-state index is -3.27. The number of benzene rings is 1. The van der Waals surface area contributed by atoms with Gasteiger partial charge in [-0.2, -0.15) is 0 Å². The van der Waals surface area contributed by atoms with Crippen LogP contribution >= 0.6 is 0 Å². The SMILES string of the molecule is CCCS(=O)(=O)c1ccc(-c2cc(C(=O)NCc3cccnc3)no2)cc1. The number of sulfone groups is 1. The lowest BCUT2D eigenvalue weighted by molar-refractivity contribution is 0.0942. The van der Waals surface area contributed by atoms with E-state index in [1.165, 1.54) is 18.2 Å². The Hall–Kier alpha value is -3.00. The highest BCUT2D eigenvalue weighted by Gasteiger charge is 2.16. The third-order valence-corrected chi connectivity index (χ3v) is 5.83. The molecule has 0 saturated carbocycles. The minimum absolute atomic E-state index is 0.107. The molecule has 0 unspecified atom stereocenters. The van der Waals surface area contributed by atoms with Gasteiger partial charge >= 0.3 is 0 Å². The Balaban J connectivity index is 1.69. The monoisotopic (exact) mass is 385 g/mol. The van der Waals surface area contributed by atoms with Crippen molar-refractivity contribution in [2.24, 2.45) is 0 Å². The molecule has 0 saturated heterocycles. The van der Waals surface area contributed by atoms with E-state index in [0.717, 1.165) is 5.56 Å². The summed E-state index contributed by atoms with van der Waals surface area (Å²) in [6, 6.07) is 11.5. The van der Waals surface area contributed by atoms with Crippen molar-refractivity contribution in [2.45, 2.75) is 24.8 Å². The molecular weight excluding hydrogens is 366 g/mol. The van der Waals surface area contributed by atoms with Crippen LogP contribution in [0.1, 0.15) is 29.4 Å². The molecule has 8 heteroatoms. The van der Waals surface area contributed by atoms with Crippen LogP contribution in [0.25, 0.3) is 11.3 Å². The van der Waals surface area contributed by atoms with Gasteiger partial charge < -0.3 is 9.84 Å². The zero-order valence-electron chi connectivity index (χ0n) is 14.8. The van der Waals surface area contributed by atoms with Crippen molar-refractivity contribution < 1.29 is 17.7 Å². The molecular formula is C19H19N3O4S. The second kappa shape index (κ2) is 8.13. The molecule has 7 nitrogen and oxygen atoms in total. The molecule has 0 aliphatic heterocycles. The zero-order chi connectivity index (χ0) is 19.3. The Morgan fingerprint density at radius 2 is 1.96 bits per heavy atom. The summed E-state index contributed by atoms with van der Waals surface area (Å²) in [4.78, 5) is 16.4. The number of amides is 1. The van der Waals surface area contributed by atoms with Crippen LogP contribution in [0.15, 0.2) is 64.3 Å². The first-order chi connectivity index (χ1) is 13.0. The second-order valence-corrected chi connectivity index (χ2v) is 8.07. The normalized spacial score (nSPS) is 11.3. The van der Waals surface area contributed by atoms with Crippen LogP contribution in [0.3, 0.4) is 0 Å². The van der Waals surface area contributed by atoms with Crippen molar-refractivity contribution in [1.29, 1.82) is 0 Å². The molecule has 0 spiro atoms. The molecule has 3 aromatic rings. The molecule has 1 N–H and O–H groups in total. The summed E-state index contributed by atoms with van der Waals surface area (Å²) < 4.78 is 29.4. The first kappa shape index (κ1) is 18.8. The smallest absolute Gasteiger partial charge is 0.273 e. The number of hydrogen-bond donors (Lipinski definition) is 1. The summed E-state index contributed by atoms with van der Waals surface area (Å²) in [5, 5.41) is 6.53. The number of pyridine rings is 1. The topological polar surface area (TPSA) is 102 Å². The number of hydrogen-bond acceptors (Lipinski definition) is 6. The Kier molecular flexibility index (Phi) is 5.66. The molecule has 3 rings (SSSR count). The average molecular weight is 385 g/mol. The van der Waals surface area contributed by atoms with Gasteiger partial charge in [-0.15, -0.1) is 0 Å². The van der Waals surface area contributed by atoms with E-state index in [2.05, 4.69) is 15.5 Å². The zero-order valence-corrected chi connectivity index (χ0v) is 15.6. The highest BCUT2D eigenvalue weighted by atomic mass is 32.2. The number of carbonyl (C=O) groups is 1. The lowest BCUT2D eigenvalue weighted by atomic mass is 10.1. The molecule has 1 amide bonds. The van der Waals surface area contributed by atoms with Crippen LogP contribution < -0.4 is 5.32 Å². The maximum absolute atomic E-state index is 12.2. The van der Waals surface area contributed by atoms with Crippen LogP contribution in [-0.4, -0.2) is 30.2 Å². The van der Waals surface area contributed by atoms with Crippen molar-refractivity contribution in [2.75, 3.05) is 5.75 Å². The maximum Gasteiger partial charge on any atom is 0.273 e. The number of rotatable bonds is 7. The van der Waals surface area contributed by atoms with E-state index < -0.39 is 9.84 Å². The van der Waals surface area contributed by atoms with Gasteiger partial charge in [-0.3, -0.25) is 9.78 Å². The van der Waals surface area contributed by atoms with Crippen molar-refractivity contribution >= 4 is 15.7 Å². The predicted molar refractivity (Wildman–Crippen MR) is 99.7 cm³/mol. The Labute approximate surface area is 157 Å². The number of nitrogens with zero attached hydrogens (tertiary/aromatic N) is 2. The molecule has 140 valence electrons. The van der Waals surface area contributed by atoms with Crippen molar-refractivity contribution in [3.63, 3.8) is 0 Å². The molecule has 0 aliphatic carbocycles. The van der Waals surface area contributed by atoms with E-state index in [0.29, 0.717) is 24.3 Å². The third-order valence-electron chi connectivity index (χ3n) is 3.89. The molecule has 0 atom stereocenters. The highest BCUT2D eigenvalue weighted by molar-refractivity contribution is 7.91. The van der Waals surface area contributed by atoms with Crippen LogP contribution in [0, 0.1) is 0 Å². The summed E-state index contributed by atoms with van der Waals surface area (Å²) >= 11 is 0. The van der Waals surface area contributed by atoms with Crippen molar-refractivity contribution in [1.82, 2.24) is 15.5 Å². The molecule has 0 aliphatic rings. The molecule has 2 aromatic heterocycles. The maximum atomic E-state index is 12.2. The summed E-state index contributed by atoms with van der Waals surface area (Å²) in [7, 11) is -3.27. The third kappa shape index (κ3) is 4.59. The van der Waals surface area contributed by atoms with Crippen molar-refractivity contribution in [3.05, 3.63) is 66.1 Å². The highest BCUT2D eigenvalue weighted by Crippen LogP contribution is 2.23. The Bertz CT molecular complexity index is 1010. The molecule has 0 bridgehead atoms. The van der Waals surface area contributed by atoms with E-state index in [4.69, 9.17) is 4.52 Å². The van der Waals surface area contributed by atoms with E-state index in [-0.39, 0.29) is 22.2 Å². The fraction of sp³-hybridized carbons (Fsp3) is 0.211. The van der Waals surface area contributed by atoms with E-state index in [1.807, 2.05) is 13.0 Å². The van der Waals surface area contributed by atoms with Gasteiger partial charge in [0, 0.05) is 30.6 Å². The summed E-state index contributed by atoms with van der Waals surface area (Å²) in [6.07, 6.45) is 3.89. The molecule has 1 aromatic carbocycles. The predicted octanol–water partition coefficient (Wildman–Crippen LogP) is 2.85. The molecule has 2 heterocycles. The minimum Gasteiger partial charge on any atom is -0.355 e. The molecule has 27 heavy (non-hydrogen) atoms. The first-order valence-electron chi connectivity index (χ1n) is 8.46. The molecule has 0 radical (unpaired) electrons. The van der Waals surface area contributed by atoms with Gasteiger partial charge in [0.05, 0.1) is 10.6 Å². The average Bonchev–Trinajstić information content (AvgIpc) is 3.17. The van der Waals surface area contributed by atoms with E-state index in [1.54, 1.807) is 30.6 Å². The second-order valence-electron chi connectivity index (χ2n) is 5.96. The number of nitrogens with one attached hydrogen (secondary N) is 1. The first-order valence-corrected chi connectivity index (χ1v) is 10.1. The fourth-order valence-electron chi connectivity index (χ4n) is 2.51. The van der Waals surface area contributed by atoms with Crippen LogP contribution in [0.5, 0.6) is 0 Å². The summed E-state index contributed by atoms with van der Waals surface area (Å²) in [6.45, 7) is 2.15. The van der Waals surface area contributed by atoms with Crippen LogP contribution in [0.4, 0.5) is 0 Å². The van der Waals surface area contributed by atoms with Gasteiger partial charge in [0.2, 0.25) is 0 Å². The largest absolute Gasteiger partial charge is 0.355 e. The van der Waals surface area contributed by atoms with E-state index in [9.17, 15) is 13.2 Å². The quantitative estimate of drug-likeness (QED) is 0.671. The lowest BCUT2D eigenvalue weighted by Gasteiger charge is -2.03. The van der Waals surface area contributed by atoms with Gasteiger partial charge in [-0.25, -0.2) is 8.42 Å². The van der Waals surface area contributed by atoms with Crippen LogP contribution in [-0.2, 0) is 16.4 Å². The van der Waals surface area contributed by atoms with Gasteiger partial charge in [0.1, 0.15) is 0 Å². The number of carbonyl (C=O) groups excluding carboxylic acids is 1. The fourth-order valence-corrected chi connectivity index (χ4v) is 3.83. The van der Waals surface area contributed by atoms with Crippen molar-refractivity contribution in [3.8, 4) is 11.3 Å². The molecule has 0 fully saturated rings. The number of aromatic nitrogens is 2. The van der Waals surface area contributed by atoms with E-state index >= 15 is 0 Å². The lowest BCUT2D eigenvalue weighted by Crippen LogP contribution is -2.23. The Morgan fingerprint density at radius 1 is 1.19 bits per heavy atom. The van der Waals surface area contributed by atoms with Gasteiger partial charge in [0.25, 0.3) is 5.91 Å².